The number of methoxy groups -OCH3 is 1. The summed E-state index contributed by atoms with van der Waals surface area (Å²) in [5.41, 5.74) is 0.760. The fraction of sp³-hybridized carbons (Fsp3) is 0.438. The van der Waals surface area contributed by atoms with Crippen molar-refractivity contribution in [2.75, 3.05) is 7.11 Å². The molecule has 4 nitrogen and oxygen atoms in total. The summed E-state index contributed by atoms with van der Waals surface area (Å²) in [5.74, 6) is -0.422. The second-order valence-corrected chi connectivity index (χ2v) is 6.26. The van der Waals surface area contributed by atoms with Gasteiger partial charge in [-0.15, -0.1) is 0 Å². The predicted molar refractivity (Wildman–Crippen MR) is 74.6 cm³/mol. The number of ether oxygens (including phenoxy) is 2. The van der Waals surface area contributed by atoms with Gasteiger partial charge in [0.1, 0.15) is 11.5 Å². The molecule has 3 rings (SSSR count). The average molecular weight is 274 g/mol. The first-order valence-electron chi connectivity index (χ1n) is 6.68. The lowest BCUT2D eigenvalue weighted by atomic mass is 9.70. The maximum absolute atomic E-state index is 12.3. The Morgan fingerprint density at radius 2 is 2.10 bits per heavy atom. The van der Waals surface area contributed by atoms with Gasteiger partial charge in [-0.3, -0.25) is 4.79 Å². The summed E-state index contributed by atoms with van der Waals surface area (Å²) < 4.78 is 11.0. The summed E-state index contributed by atoms with van der Waals surface area (Å²) in [4.78, 5) is 12.3. The Kier molecular flexibility index (Phi) is 2.70. The molecule has 1 atom stereocenters. The maximum Gasteiger partial charge on any atom is 0.238 e. The second kappa shape index (κ2) is 4.09. The Hall–Kier alpha value is -1.81. The van der Waals surface area contributed by atoms with Gasteiger partial charge in [-0.1, -0.05) is 19.9 Å². The van der Waals surface area contributed by atoms with Gasteiger partial charge in [-0.05, 0) is 23.6 Å². The highest BCUT2D eigenvalue weighted by atomic mass is 16.6. The van der Waals surface area contributed by atoms with E-state index in [0.29, 0.717) is 35.5 Å². The summed E-state index contributed by atoms with van der Waals surface area (Å²) >= 11 is 0. The van der Waals surface area contributed by atoms with Gasteiger partial charge in [-0.25, -0.2) is 0 Å². The first kappa shape index (κ1) is 13.2. The molecule has 0 aromatic heterocycles. The number of rotatable bonds is 1. The molecular formula is C16H18O4. The highest BCUT2D eigenvalue weighted by molar-refractivity contribution is 6.03. The number of hydrogen-bond acceptors (Lipinski definition) is 4. The minimum absolute atomic E-state index is 0.0692. The molecule has 1 aliphatic heterocycles. The number of benzene rings is 1. The first-order valence-corrected chi connectivity index (χ1v) is 6.68. The summed E-state index contributed by atoms with van der Waals surface area (Å²) in [6, 6.07) is 5.38. The summed E-state index contributed by atoms with van der Waals surface area (Å²) in [5, 5.41) is 10.8. The third kappa shape index (κ3) is 1.91. The first-order chi connectivity index (χ1) is 9.35. The molecule has 4 heteroatoms. The van der Waals surface area contributed by atoms with E-state index in [1.54, 1.807) is 31.4 Å². The lowest BCUT2D eigenvalue weighted by Crippen LogP contribution is -2.50. The zero-order valence-corrected chi connectivity index (χ0v) is 11.9. The van der Waals surface area contributed by atoms with Gasteiger partial charge in [0.15, 0.2) is 5.78 Å². The Balaban J connectivity index is 2.15. The van der Waals surface area contributed by atoms with Crippen LogP contribution >= 0.6 is 0 Å². The second-order valence-electron chi connectivity index (χ2n) is 6.26. The molecule has 1 fully saturated rings. The molecule has 1 aromatic carbocycles. The minimum Gasteiger partial charge on any atom is -0.496 e. The number of carbonyl (C=O) groups is 1. The summed E-state index contributed by atoms with van der Waals surface area (Å²) in [6.45, 7) is 3.92. The van der Waals surface area contributed by atoms with Crippen LogP contribution in [0.3, 0.4) is 0 Å². The van der Waals surface area contributed by atoms with Crippen molar-refractivity contribution < 1.29 is 19.4 Å². The van der Waals surface area contributed by atoms with Gasteiger partial charge in [0.05, 0.1) is 18.2 Å². The number of Topliss-reactive ketones (excluding diaryl/α,β-unsaturated/α-hetero) is 1. The lowest BCUT2D eigenvalue weighted by Gasteiger charge is -2.43. The molecular weight excluding hydrogens is 256 g/mol. The summed E-state index contributed by atoms with van der Waals surface area (Å²) in [6.07, 6.45) is 2.51. The van der Waals surface area contributed by atoms with Crippen LogP contribution in [0.5, 0.6) is 11.5 Å². The van der Waals surface area contributed by atoms with Gasteiger partial charge in [0.25, 0.3) is 0 Å². The van der Waals surface area contributed by atoms with Crippen LogP contribution in [0.2, 0.25) is 0 Å². The van der Waals surface area contributed by atoms with E-state index in [0.717, 1.165) is 0 Å². The maximum atomic E-state index is 12.3. The Morgan fingerprint density at radius 3 is 2.80 bits per heavy atom. The number of fused-ring (bicyclic) bond motifs is 2. The molecule has 1 aromatic rings. The van der Waals surface area contributed by atoms with Crippen LogP contribution in [-0.4, -0.2) is 23.8 Å². The van der Waals surface area contributed by atoms with Crippen LogP contribution in [0.25, 0.3) is 6.08 Å². The molecule has 106 valence electrons. The Bertz CT molecular complexity index is 615. The third-order valence-corrected chi connectivity index (χ3v) is 3.89. The van der Waals surface area contributed by atoms with E-state index in [2.05, 4.69) is 0 Å². The minimum atomic E-state index is -1.53. The van der Waals surface area contributed by atoms with Crippen molar-refractivity contribution in [2.24, 2.45) is 5.41 Å². The lowest BCUT2D eigenvalue weighted by molar-refractivity contribution is -0.157. The normalized spacial score (nSPS) is 27.0. The SMILES string of the molecule is COc1cccc2c1C=C1C(=O)CC(C)(C)CC1(O)O2. The molecule has 0 amide bonds. The quantitative estimate of drug-likeness (QED) is 0.855. The molecule has 0 radical (unpaired) electrons. The highest BCUT2D eigenvalue weighted by Gasteiger charge is 2.50. The molecule has 1 heterocycles. The third-order valence-electron chi connectivity index (χ3n) is 3.89. The van der Waals surface area contributed by atoms with Crippen molar-refractivity contribution in [1.29, 1.82) is 0 Å². The zero-order valence-electron chi connectivity index (χ0n) is 11.9. The average Bonchev–Trinajstić information content (AvgIpc) is 2.33. The predicted octanol–water partition coefficient (Wildman–Crippen LogP) is 2.55. The fourth-order valence-electron chi connectivity index (χ4n) is 3.10. The van der Waals surface area contributed by atoms with Gasteiger partial charge in [-0.2, -0.15) is 0 Å². The Labute approximate surface area is 118 Å². The van der Waals surface area contributed by atoms with Crippen LogP contribution in [0.15, 0.2) is 23.8 Å². The number of hydrogen-bond donors (Lipinski definition) is 1. The van der Waals surface area contributed by atoms with Gasteiger partial charge < -0.3 is 14.6 Å². The van der Waals surface area contributed by atoms with Crippen LogP contribution in [0, 0.1) is 5.41 Å². The van der Waals surface area contributed by atoms with E-state index in [1.165, 1.54) is 0 Å². The van der Waals surface area contributed by atoms with Gasteiger partial charge in [0.2, 0.25) is 5.79 Å². The van der Waals surface area contributed by atoms with Crippen LogP contribution in [-0.2, 0) is 4.79 Å². The van der Waals surface area contributed by atoms with E-state index in [-0.39, 0.29) is 11.2 Å². The van der Waals surface area contributed by atoms with E-state index in [4.69, 9.17) is 9.47 Å². The van der Waals surface area contributed by atoms with E-state index in [1.807, 2.05) is 13.8 Å². The molecule has 1 aliphatic carbocycles. The van der Waals surface area contributed by atoms with Crippen LogP contribution < -0.4 is 9.47 Å². The van der Waals surface area contributed by atoms with Crippen LogP contribution in [0.1, 0.15) is 32.3 Å². The topological polar surface area (TPSA) is 55.8 Å². The monoisotopic (exact) mass is 274 g/mol. The van der Waals surface area contributed by atoms with Gasteiger partial charge >= 0.3 is 0 Å². The zero-order chi connectivity index (χ0) is 14.5. The van der Waals surface area contributed by atoms with Crippen molar-refractivity contribution >= 4 is 11.9 Å². The highest BCUT2D eigenvalue weighted by Crippen LogP contribution is 2.48. The van der Waals surface area contributed by atoms with Crippen molar-refractivity contribution in [3.8, 4) is 11.5 Å². The van der Waals surface area contributed by atoms with E-state index >= 15 is 0 Å². The van der Waals surface area contributed by atoms with Crippen molar-refractivity contribution in [2.45, 2.75) is 32.5 Å². The smallest absolute Gasteiger partial charge is 0.238 e. The molecule has 0 spiro atoms. The van der Waals surface area contributed by atoms with Crippen molar-refractivity contribution in [3.05, 3.63) is 29.3 Å². The summed E-state index contributed by atoms with van der Waals surface area (Å²) in [7, 11) is 1.57. The number of aliphatic hydroxyl groups is 1. The molecule has 20 heavy (non-hydrogen) atoms. The molecule has 0 bridgehead atoms. The largest absolute Gasteiger partial charge is 0.496 e. The van der Waals surface area contributed by atoms with Crippen molar-refractivity contribution in [3.63, 3.8) is 0 Å². The number of ketones is 1. The van der Waals surface area contributed by atoms with E-state index < -0.39 is 5.79 Å². The van der Waals surface area contributed by atoms with Gasteiger partial charge in [0, 0.05) is 12.8 Å². The molecule has 1 saturated carbocycles. The van der Waals surface area contributed by atoms with E-state index in [9.17, 15) is 9.90 Å². The Morgan fingerprint density at radius 1 is 1.35 bits per heavy atom. The number of carbonyl (C=O) groups excluding carboxylic acids is 1. The van der Waals surface area contributed by atoms with Crippen LogP contribution in [0.4, 0.5) is 0 Å². The standard InChI is InChI=1S/C16H18O4/c1-15(2)8-12(17)11-7-10-13(19-3)5-4-6-14(10)20-16(11,18)9-15/h4-7,18H,8-9H2,1-3H3. The molecule has 0 saturated heterocycles. The molecule has 2 aliphatic rings. The van der Waals surface area contributed by atoms with Crippen molar-refractivity contribution in [1.82, 2.24) is 0 Å². The molecule has 1 N–H and O–H groups in total. The fourth-order valence-corrected chi connectivity index (χ4v) is 3.10. The molecule has 1 unspecified atom stereocenters.